The minimum absolute atomic E-state index is 0.183. The summed E-state index contributed by atoms with van der Waals surface area (Å²) in [5.41, 5.74) is 0.270. The van der Waals surface area contributed by atoms with Gasteiger partial charge in [-0.15, -0.1) is 0 Å². The molecule has 0 unspecified atom stereocenters. The number of likely N-dealkylation sites (tertiary alicyclic amines) is 1. The molecule has 0 aromatic carbocycles. The molecule has 2 aromatic rings. The van der Waals surface area contributed by atoms with E-state index in [1.54, 1.807) is 28.3 Å². The van der Waals surface area contributed by atoms with Crippen molar-refractivity contribution in [3.8, 4) is 5.75 Å². The molecule has 1 spiro atoms. The maximum absolute atomic E-state index is 13.0. The van der Waals surface area contributed by atoms with Crippen molar-refractivity contribution >= 4 is 29.3 Å². The lowest BCUT2D eigenvalue weighted by atomic mass is 9.78. The SMILES string of the molecule is CN1CCC2(CN(c3ncc(N4CC[C@@H](Oc5ccc(NCC(C)(F)F)nc5)C4=O)cn3)C2)C1=O. The summed E-state index contributed by atoms with van der Waals surface area (Å²) in [5, 5.41) is 2.55. The van der Waals surface area contributed by atoms with E-state index in [0.717, 1.165) is 19.9 Å². The van der Waals surface area contributed by atoms with Gasteiger partial charge in [0.25, 0.3) is 11.8 Å². The Labute approximate surface area is 201 Å². The molecule has 0 bridgehead atoms. The summed E-state index contributed by atoms with van der Waals surface area (Å²) < 4.78 is 31.7. The molecule has 1 atom stereocenters. The molecule has 0 aliphatic carbocycles. The molecule has 186 valence electrons. The number of hydrogen-bond donors (Lipinski definition) is 1. The van der Waals surface area contributed by atoms with Gasteiger partial charge in [0.2, 0.25) is 11.9 Å². The third-order valence-electron chi connectivity index (χ3n) is 6.68. The predicted molar refractivity (Wildman–Crippen MR) is 124 cm³/mol. The predicted octanol–water partition coefficient (Wildman–Crippen LogP) is 1.79. The van der Waals surface area contributed by atoms with E-state index >= 15 is 0 Å². The van der Waals surface area contributed by atoms with Crippen molar-refractivity contribution < 1.29 is 23.1 Å². The van der Waals surface area contributed by atoms with Crippen molar-refractivity contribution in [1.82, 2.24) is 19.9 Å². The fraction of sp³-hybridized carbons (Fsp3) is 0.522. The molecule has 0 radical (unpaired) electrons. The average Bonchev–Trinajstić information content (AvgIpc) is 3.31. The summed E-state index contributed by atoms with van der Waals surface area (Å²) >= 11 is 0. The highest BCUT2D eigenvalue weighted by Gasteiger charge is 2.54. The van der Waals surface area contributed by atoms with Crippen LogP contribution < -0.4 is 19.9 Å². The number of hydrogen-bond acceptors (Lipinski definition) is 8. The molecule has 2 amide bonds. The number of rotatable bonds is 7. The second-order valence-corrected chi connectivity index (χ2v) is 9.54. The van der Waals surface area contributed by atoms with Gasteiger partial charge in [0, 0.05) is 46.6 Å². The Morgan fingerprint density at radius 3 is 2.49 bits per heavy atom. The van der Waals surface area contributed by atoms with E-state index in [-0.39, 0.29) is 17.2 Å². The van der Waals surface area contributed by atoms with Crippen LogP contribution in [0.5, 0.6) is 5.75 Å². The van der Waals surface area contributed by atoms with Gasteiger partial charge in [0.05, 0.1) is 36.2 Å². The van der Waals surface area contributed by atoms with Crippen LogP contribution in [-0.4, -0.2) is 83.5 Å². The first-order chi connectivity index (χ1) is 16.6. The molecule has 12 heteroatoms. The van der Waals surface area contributed by atoms with Crippen molar-refractivity contribution in [2.75, 3.05) is 54.9 Å². The summed E-state index contributed by atoms with van der Waals surface area (Å²) in [5.74, 6) is -1.65. The summed E-state index contributed by atoms with van der Waals surface area (Å²) in [6.07, 6.45) is 5.27. The fourth-order valence-electron chi connectivity index (χ4n) is 4.72. The van der Waals surface area contributed by atoms with Crippen LogP contribution >= 0.6 is 0 Å². The number of amides is 2. The summed E-state index contributed by atoms with van der Waals surface area (Å²) in [6, 6.07) is 3.12. The molecular weight excluding hydrogens is 460 g/mol. The van der Waals surface area contributed by atoms with E-state index < -0.39 is 18.6 Å². The first-order valence-electron chi connectivity index (χ1n) is 11.5. The molecule has 3 fully saturated rings. The zero-order valence-corrected chi connectivity index (χ0v) is 19.6. The number of nitrogens with zero attached hydrogens (tertiary/aromatic N) is 6. The summed E-state index contributed by atoms with van der Waals surface area (Å²) in [6.45, 7) is 2.75. The highest BCUT2D eigenvalue weighted by molar-refractivity contribution is 5.98. The number of nitrogens with one attached hydrogen (secondary N) is 1. The molecule has 3 saturated heterocycles. The fourth-order valence-corrected chi connectivity index (χ4v) is 4.72. The zero-order chi connectivity index (χ0) is 24.8. The highest BCUT2D eigenvalue weighted by Crippen LogP contribution is 2.41. The molecule has 0 saturated carbocycles. The lowest BCUT2D eigenvalue weighted by Gasteiger charge is -2.46. The maximum Gasteiger partial charge on any atom is 0.268 e. The number of pyridine rings is 1. The van der Waals surface area contributed by atoms with Gasteiger partial charge in [-0.2, -0.15) is 0 Å². The van der Waals surface area contributed by atoms with Gasteiger partial charge >= 0.3 is 0 Å². The first kappa shape index (κ1) is 23.2. The van der Waals surface area contributed by atoms with Crippen LogP contribution in [-0.2, 0) is 9.59 Å². The van der Waals surface area contributed by atoms with Crippen LogP contribution in [0.3, 0.4) is 0 Å². The number of halogens is 2. The maximum atomic E-state index is 13.0. The van der Waals surface area contributed by atoms with Crippen LogP contribution in [0.15, 0.2) is 30.7 Å². The number of aromatic nitrogens is 3. The van der Waals surface area contributed by atoms with Crippen LogP contribution in [0.4, 0.5) is 26.2 Å². The Morgan fingerprint density at radius 2 is 1.89 bits per heavy atom. The lowest BCUT2D eigenvalue weighted by molar-refractivity contribution is -0.136. The van der Waals surface area contributed by atoms with Crippen molar-refractivity contribution in [2.45, 2.75) is 31.8 Å². The topological polar surface area (TPSA) is 104 Å². The van der Waals surface area contributed by atoms with Gasteiger partial charge in [-0.3, -0.25) is 9.59 Å². The van der Waals surface area contributed by atoms with E-state index in [1.807, 2.05) is 11.9 Å². The molecule has 5 heterocycles. The normalized spacial score (nSPS) is 21.6. The van der Waals surface area contributed by atoms with E-state index in [4.69, 9.17) is 4.74 Å². The van der Waals surface area contributed by atoms with E-state index in [9.17, 15) is 18.4 Å². The Bertz CT molecular complexity index is 1100. The third kappa shape index (κ3) is 4.56. The van der Waals surface area contributed by atoms with Gasteiger partial charge in [-0.05, 0) is 18.6 Å². The molecule has 35 heavy (non-hydrogen) atoms. The summed E-state index contributed by atoms with van der Waals surface area (Å²) in [4.78, 5) is 43.5. The minimum Gasteiger partial charge on any atom is -0.479 e. The summed E-state index contributed by atoms with van der Waals surface area (Å²) in [7, 11) is 1.83. The standard InChI is InChI=1S/C23H27F2N7O3/c1-22(24,25)12-29-18-4-3-16(11-26-18)35-17-5-7-32(19(17)33)15-9-27-21(28-10-15)31-13-23(14-31)6-8-30(2)20(23)34/h3-4,9-11,17H,5-8,12-14H2,1-2H3,(H,26,29)/t17-/m1/s1. The monoisotopic (exact) mass is 487 g/mol. The number of carbonyl (C=O) groups excluding carboxylic acids is 2. The average molecular weight is 488 g/mol. The molecule has 10 nitrogen and oxygen atoms in total. The number of ether oxygens (including phenoxy) is 1. The van der Waals surface area contributed by atoms with E-state index in [0.29, 0.717) is 49.3 Å². The number of anilines is 3. The van der Waals surface area contributed by atoms with Crippen molar-refractivity contribution in [2.24, 2.45) is 5.41 Å². The third-order valence-corrected chi connectivity index (χ3v) is 6.68. The van der Waals surface area contributed by atoms with Crippen LogP contribution in [0.25, 0.3) is 0 Å². The lowest BCUT2D eigenvalue weighted by Crippen LogP contribution is -2.60. The van der Waals surface area contributed by atoms with Gasteiger partial charge < -0.3 is 24.8 Å². The van der Waals surface area contributed by atoms with E-state index in [1.165, 1.54) is 12.3 Å². The van der Waals surface area contributed by atoms with E-state index in [2.05, 4.69) is 20.3 Å². The molecular formula is C23H27F2N7O3. The van der Waals surface area contributed by atoms with Gasteiger partial charge in [0.15, 0.2) is 6.10 Å². The Balaban J connectivity index is 1.15. The highest BCUT2D eigenvalue weighted by atomic mass is 19.3. The Hall–Kier alpha value is -3.57. The molecule has 3 aliphatic heterocycles. The van der Waals surface area contributed by atoms with Crippen LogP contribution in [0, 0.1) is 5.41 Å². The van der Waals surface area contributed by atoms with Gasteiger partial charge in [0.1, 0.15) is 11.6 Å². The van der Waals surface area contributed by atoms with Crippen LogP contribution in [0.2, 0.25) is 0 Å². The molecule has 5 rings (SSSR count). The molecule has 2 aromatic heterocycles. The number of alkyl halides is 2. The van der Waals surface area contributed by atoms with Gasteiger partial charge in [-0.25, -0.2) is 23.7 Å². The molecule has 3 aliphatic rings. The minimum atomic E-state index is -2.85. The molecule has 1 N–H and O–H groups in total. The second-order valence-electron chi connectivity index (χ2n) is 9.54. The Kier molecular flexibility index (Phi) is 5.68. The second kappa shape index (κ2) is 8.58. The number of carbonyl (C=O) groups is 2. The van der Waals surface area contributed by atoms with Crippen molar-refractivity contribution in [3.05, 3.63) is 30.7 Å². The van der Waals surface area contributed by atoms with Gasteiger partial charge in [-0.1, -0.05) is 0 Å². The van der Waals surface area contributed by atoms with Crippen LogP contribution in [0.1, 0.15) is 19.8 Å². The van der Waals surface area contributed by atoms with Crippen molar-refractivity contribution in [1.29, 1.82) is 0 Å². The van der Waals surface area contributed by atoms with Crippen molar-refractivity contribution in [3.63, 3.8) is 0 Å². The quantitative estimate of drug-likeness (QED) is 0.631. The zero-order valence-electron chi connectivity index (χ0n) is 19.6. The Morgan fingerprint density at radius 1 is 1.14 bits per heavy atom. The smallest absolute Gasteiger partial charge is 0.268 e. The largest absolute Gasteiger partial charge is 0.479 e. The first-order valence-corrected chi connectivity index (χ1v) is 11.5.